The van der Waals surface area contributed by atoms with Crippen molar-refractivity contribution in [2.75, 3.05) is 0 Å². The Bertz CT molecular complexity index is 800. The number of fused-ring (bicyclic) bond motifs is 1. The summed E-state index contributed by atoms with van der Waals surface area (Å²) in [5.74, 6) is -0.603. The van der Waals surface area contributed by atoms with Crippen LogP contribution in [0.2, 0.25) is 5.02 Å². The Kier molecular flexibility index (Phi) is 3.93. The summed E-state index contributed by atoms with van der Waals surface area (Å²) in [5.41, 5.74) is 6.86. The minimum Gasteiger partial charge on any atom is -0.323 e. The second kappa shape index (κ2) is 5.72. The smallest absolute Gasteiger partial charge is 0.123 e. The minimum atomic E-state index is -0.333. The van der Waals surface area contributed by atoms with E-state index in [0.29, 0.717) is 17.0 Å². The molecule has 1 heterocycles. The first-order valence-corrected chi connectivity index (χ1v) is 7.61. The summed E-state index contributed by atoms with van der Waals surface area (Å²) in [5, 5.41) is 1.33. The quantitative estimate of drug-likeness (QED) is 0.715. The third-order valence-electron chi connectivity index (χ3n) is 3.31. The van der Waals surface area contributed by atoms with Gasteiger partial charge in [0.2, 0.25) is 0 Å². The van der Waals surface area contributed by atoms with E-state index in [4.69, 9.17) is 17.3 Å². The first-order chi connectivity index (χ1) is 10.0. The molecule has 21 heavy (non-hydrogen) atoms. The lowest BCUT2D eigenvalue weighted by atomic mass is 10.0. The summed E-state index contributed by atoms with van der Waals surface area (Å²) in [6, 6.07) is 10.5. The number of nitrogens with two attached hydrogens (primary N) is 1. The Morgan fingerprint density at radius 2 is 1.76 bits per heavy atom. The Morgan fingerprint density at radius 3 is 2.57 bits per heavy atom. The van der Waals surface area contributed by atoms with E-state index in [1.807, 2.05) is 6.07 Å². The Morgan fingerprint density at radius 1 is 1.05 bits per heavy atom. The van der Waals surface area contributed by atoms with E-state index in [1.54, 1.807) is 6.07 Å². The van der Waals surface area contributed by atoms with Gasteiger partial charge in [0.15, 0.2) is 0 Å². The fourth-order valence-electron chi connectivity index (χ4n) is 2.25. The van der Waals surface area contributed by atoms with Crippen molar-refractivity contribution in [3.63, 3.8) is 0 Å². The van der Waals surface area contributed by atoms with Gasteiger partial charge in [-0.15, -0.1) is 11.3 Å². The van der Waals surface area contributed by atoms with Gasteiger partial charge in [-0.25, -0.2) is 8.78 Å². The van der Waals surface area contributed by atoms with Gasteiger partial charge < -0.3 is 5.73 Å². The fourth-order valence-corrected chi connectivity index (χ4v) is 3.50. The largest absolute Gasteiger partial charge is 0.323 e. The molecule has 0 fully saturated rings. The minimum absolute atomic E-state index is 0.270. The van der Waals surface area contributed by atoms with Crippen LogP contribution in [0.3, 0.4) is 0 Å². The highest BCUT2D eigenvalue weighted by Gasteiger charge is 2.13. The molecule has 0 amide bonds. The summed E-state index contributed by atoms with van der Waals surface area (Å²) < 4.78 is 27.5. The van der Waals surface area contributed by atoms with Crippen LogP contribution in [-0.4, -0.2) is 0 Å². The number of hydrogen-bond donors (Lipinski definition) is 1. The van der Waals surface area contributed by atoms with Crippen molar-refractivity contribution < 1.29 is 8.78 Å². The van der Waals surface area contributed by atoms with Crippen LogP contribution in [0.4, 0.5) is 8.78 Å². The number of thiophene rings is 1. The molecule has 2 aromatic carbocycles. The van der Waals surface area contributed by atoms with Gasteiger partial charge in [0.1, 0.15) is 11.6 Å². The predicted octanol–water partition coefficient (Wildman–Crippen LogP) is 5.08. The molecule has 0 aliphatic heterocycles. The van der Waals surface area contributed by atoms with Gasteiger partial charge in [-0.1, -0.05) is 11.6 Å². The van der Waals surface area contributed by atoms with Gasteiger partial charge >= 0.3 is 0 Å². The van der Waals surface area contributed by atoms with Crippen molar-refractivity contribution in [2.24, 2.45) is 5.73 Å². The maximum atomic E-state index is 13.3. The number of benzene rings is 2. The molecule has 1 unspecified atom stereocenters. The van der Waals surface area contributed by atoms with Crippen molar-refractivity contribution in [3.8, 4) is 0 Å². The zero-order valence-corrected chi connectivity index (χ0v) is 12.5. The molecule has 0 spiro atoms. The molecule has 3 aromatic rings. The van der Waals surface area contributed by atoms with Crippen molar-refractivity contribution in [3.05, 3.63) is 69.6 Å². The van der Waals surface area contributed by atoms with Crippen molar-refractivity contribution >= 4 is 33.0 Å². The average Bonchev–Trinajstić information content (AvgIpc) is 2.86. The van der Waals surface area contributed by atoms with E-state index in [2.05, 4.69) is 0 Å². The second-order valence-corrected chi connectivity index (χ2v) is 6.40. The molecular formula is C16H12ClF2NS. The maximum absolute atomic E-state index is 13.3. The maximum Gasteiger partial charge on any atom is 0.123 e. The van der Waals surface area contributed by atoms with Crippen LogP contribution in [0.5, 0.6) is 0 Å². The van der Waals surface area contributed by atoms with Gasteiger partial charge in [0.25, 0.3) is 0 Å². The van der Waals surface area contributed by atoms with Gasteiger partial charge in [-0.2, -0.15) is 0 Å². The highest BCUT2D eigenvalue weighted by Crippen LogP contribution is 2.32. The lowest BCUT2D eigenvalue weighted by molar-refractivity contribution is 0.622. The monoisotopic (exact) mass is 323 g/mol. The van der Waals surface area contributed by atoms with Gasteiger partial charge in [-0.3, -0.25) is 0 Å². The molecular weight excluding hydrogens is 312 g/mol. The molecule has 0 aliphatic rings. The van der Waals surface area contributed by atoms with Gasteiger partial charge in [0.05, 0.1) is 0 Å². The molecule has 0 radical (unpaired) electrons. The van der Waals surface area contributed by atoms with Gasteiger partial charge in [0, 0.05) is 20.6 Å². The molecule has 0 saturated carbocycles. The normalized spacial score (nSPS) is 12.8. The molecule has 3 rings (SSSR count). The highest BCUT2D eigenvalue weighted by molar-refractivity contribution is 7.19. The van der Waals surface area contributed by atoms with Crippen molar-refractivity contribution in [1.29, 1.82) is 0 Å². The molecule has 5 heteroatoms. The van der Waals surface area contributed by atoms with Crippen LogP contribution < -0.4 is 5.73 Å². The molecule has 108 valence electrons. The topological polar surface area (TPSA) is 26.0 Å². The molecule has 2 N–H and O–H groups in total. The molecule has 0 saturated heterocycles. The summed E-state index contributed by atoms with van der Waals surface area (Å²) in [6.45, 7) is 0. The SMILES string of the molecule is NC(Cc1cc(F)ccc1Cl)c1cc2cc(F)ccc2s1. The number of rotatable bonds is 3. The zero-order valence-electron chi connectivity index (χ0n) is 10.9. The summed E-state index contributed by atoms with van der Waals surface area (Å²) in [4.78, 5) is 0.927. The van der Waals surface area contributed by atoms with E-state index in [9.17, 15) is 8.78 Å². The summed E-state index contributed by atoms with van der Waals surface area (Å²) >= 11 is 7.57. The average molecular weight is 324 g/mol. The lowest BCUT2D eigenvalue weighted by Gasteiger charge is -2.11. The third-order valence-corrected chi connectivity index (χ3v) is 4.93. The van der Waals surface area contributed by atoms with Gasteiger partial charge in [-0.05, 0) is 59.8 Å². The molecule has 0 aliphatic carbocycles. The zero-order chi connectivity index (χ0) is 15.0. The first-order valence-electron chi connectivity index (χ1n) is 6.41. The lowest BCUT2D eigenvalue weighted by Crippen LogP contribution is -2.12. The van der Waals surface area contributed by atoms with E-state index in [-0.39, 0.29) is 17.7 Å². The standard InChI is InChI=1S/C16H12ClF2NS/c17-13-3-1-11(18)5-9(13)7-14(20)16-8-10-6-12(19)2-4-15(10)21-16/h1-6,8,14H,7,20H2. The third kappa shape index (κ3) is 3.07. The van der Waals surface area contributed by atoms with Crippen LogP contribution >= 0.6 is 22.9 Å². The van der Waals surface area contributed by atoms with Crippen LogP contribution in [0.1, 0.15) is 16.5 Å². The van der Waals surface area contributed by atoms with Crippen LogP contribution in [0.15, 0.2) is 42.5 Å². The van der Waals surface area contributed by atoms with Crippen molar-refractivity contribution in [2.45, 2.75) is 12.5 Å². The summed E-state index contributed by atoms with van der Waals surface area (Å²) in [6.07, 6.45) is 0.436. The Balaban J connectivity index is 1.89. The number of hydrogen-bond acceptors (Lipinski definition) is 2. The highest BCUT2D eigenvalue weighted by atomic mass is 35.5. The molecule has 1 nitrogen and oxygen atoms in total. The van der Waals surface area contributed by atoms with E-state index >= 15 is 0 Å². The molecule has 1 atom stereocenters. The Labute approximate surface area is 130 Å². The molecule has 1 aromatic heterocycles. The van der Waals surface area contributed by atoms with Crippen LogP contribution in [0, 0.1) is 11.6 Å². The van der Waals surface area contributed by atoms with Crippen LogP contribution in [-0.2, 0) is 6.42 Å². The predicted molar refractivity (Wildman–Crippen MR) is 83.8 cm³/mol. The second-order valence-electron chi connectivity index (χ2n) is 4.88. The van der Waals surface area contributed by atoms with Crippen LogP contribution in [0.25, 0.3) is 10.1 Å². The summed E-state index contributed by atoms with van der Waals surface area (Å²) in [7, 11) is 0. The first kappa shape index (κ1) is 14.4. The fraction of sp³-hybridized carbons (Fsp3) is 0.125. The van der Waals surface area contributed by atoms with E-state index in [0.717, 1.165) is 15.0 Å². The van der Waals surface area contributed by atoms with Crippen molar-refractivity contribution in [1.82, 2.24) is 0 Å². The Hall–Kier alpha value is -1.49. The number of halogens is 3. The van der Waals surface area contributed by atoms with E-state index in [1.165, 1.54) is 41.7 Å². The molecule has 0 bridgehead atoms. The van der Waals surface area contributed by atoms with E-state index < -0.39 is 0 Å².